The highest BCUT2D eigenvalue weighted by molar-refractivity contribution is 5.81. The van der Waals surface area contributed by atoms with Crippen LogP contribution in [-0.2, 0) is 11.3 Å². The van der Waals surface area contributed by atoms with Crippen LogP contribution in [-0.4, -0.2) is 64.2 Å². The van der Waals surface area contributed by atoms with Crippen molar-refractivity contribution in [3.05, 3.63) is 24.0 Å². The molecule has 0 bridgehead atoms. The second-order valence-electron chi connectivity index (χ2n) is 8.39. The van der Waals surface area contributed by atoms with Crippen LogP contribution >= 0.6 is 0 Å². The topological polar surface area (TPSA) is 54.3 Å². The maximum Gasteiger partial charge on any atom is 0.225 e. The summed E-state index contributed by atoms with van der Waals surface area (Å²) in [7, 11) is 4.15. The Morgan fingerprint density at radius 3 is 2.81 bits per heavy atom. The van der Waals surface area contributed by atoms with Crippen molar-refractivity contribution >= 4 is 16.9 Å². The fourth-order valence-corrected chi connectivity index (χ4v) is 4.58. The normalized spacial score (nSPS) is 21.4. The first-order valence-corrected chi connectivity index (χ1v) is 10.4. The number of rotatable bonds is 5. The van der Waals surface area contributed by atoms with Crippen LogP contribution in [0.1, 0.15) is 50.1 Å². The number of carbonyl (C=O) groups excluding carboxylic acids is 1. The third-order valence-electron chi connectivity index (χ3n) is 6.14. The number of likely N-dealkylation sites (N-methyl/N-ethyl adjacent to an activating group) is 1. The van der Waals surface area contributed by atoms with E-state index in [2.05, 4.69) is 34.9 Å². The maximum atomic E-state index is 12.9. The summed E-state index contributed by atoms with van der Waals surface area (Å²) >= 11 is 0. The molecule has 146 valence electrons. The number of likely N-dealkylation sites (tertiary alicyclic amines) is 1. The minimum atomic E-state index is 0.258. The number of fused-ring (bicyclic) bond motifs is 1. The number of hydrogen-bond acceptors (Lipinski definition) is 4. The van der Waals surface area contributed by atoms with Gasteiger partial charge in [-0.2, -0.15) is 5.10 Å². The third kappa shape index (κ3) is 3.86. The lowest BCUT2D eigenvalue weighted by Gasteiger charge is -2.26. The molecule has 3 heterocycles. The zero-order valence-corrected chi connectivity index (χ0v) is 16.6. The van der Waals surface area contributed by atoms with Crippen LogP contribution in [0.4, 0.5) is 0 Å². The van der Waals surface area contributed by atoms with E-state index in [0.29, 0.717) is 11.8 Å². The summed E-state index contributed by atoms with van der Waals surface area (Å²) < 4.78 is 2.04. The lowest BCUT2D eigenvalue weighted by Crippen LogP contribution is -2.35. The third-order valence-corrected chi connectivity index (χ3v) is 6.14. The highest BCUT2D eigenvalue weighted by atomic mass is 16.2. The molecule has 4 rings (SSSR count). The molecule has 2 aromatic rings. The van der Waals surface area contributed by atoms with Crippen molar-refractivity contribution in [1.82, 2.24) is 24.6 Å². The quantitative estimate of drug-likeness (QED) is 0.813. The molecule has 1 aliphatic heterocycles. The molecule has 0 spiro atoms. The van der Waals surface area contributed by atoms with Crippen molar-refractivity contribution in [2.75, 3.05) is 33.7 Å². The van der Waals surface area contributed by atoms with E-state index < -0.39 is 0 Å². The van der Waals surface area contributed by atoms with Crippen LogP contribution in [0.5, 0.6) is 0 Å². The van der Waals surface area contributed by atoms with Crippen molar-refractivity contribution in [3.63, 3.8) is 0 Å². The number of amides is 1. The fourth-order valence-electron chi connectivity index (χ4n) is 4.58. The predicted molar refractivity (Wildman–Crippen MR) is 107 cm³/mol. The molecule has 1 amide bonds. The van der Waals surface area contributed by atoms with Crippen LogP contribution in [0.2, 0.25) is 0 Å². The van der Waals surface area contributed by atoms with Crippen molar-refractivity contribution in [2.45, 2.75) is 51.0 Å². The lowest BCUT2D eigenvalue weighted by molar-refractivity contribution is -0.135. The van der Waals surface area contributed by atoms with Gasteiger partial charge in [0.2, 0.25) is 5.91 Å². The molecule has 1 atom stereocenters. The SMILES string of the molecule is CN(C)CCn1nc([C@H]2CCN(C(=O)C3CCCCC3)C2)c2cccnc21. The Hall–Kier alpha value is -1.95. The van der Waals surface area contributed by atoms with Gasteiger partial charge in [-0.15, -0.1) is 0 Å². The van der Waals surface area contributed by atoms with Gasteiger partial charge in [0.1, 0.15) is 0 Å². The highest BCUT2D eigenvalue weighted by Crippen LogP contribution is 2.33. The summed E-state index contributed by atoms with van der Waals surface area (Å²) in [5.41, 5.74) is 2.09. The van der Waals surface area contributed by atoms with Crippen LogP contribution < -0.4 is 0 Å². The molecule has 0 aromatic carbocycles. The molecule has 6 heteroatoms. The van der Waals surface area contributed by atoms with Gasteiger partial charge in [0, 0.05) is 43.1 Å². The minimum Gasteiger partial charge on any atom is -0.342 e. The maximum absolute atomic E-state index is 12.9. The van der Waals surface area contributed by atoms with E-state index in [1.165, 1.54) is 19.3 Å². The molecule has 2 fully saturated rings. The van der Waals surface area contributed by atoms with Gasteiger partial charge in [0.25, 0.3) is 0 Å². The molecule has 6 nitrogen and oxygen atoms in total. The second kappa shape index (κ2) is 7.97. The Labute approximate surface area is 161 Å². The summed E-state index contributed by atoms with van der Waals surface area (Å²) in [4.78, 5) is 21.7. The first-order valence-electron chi connectivity index (χ1n) is 10.4. The molecule has 2 aromatic heterocycles. The lowest BCUT2D eigenvalue weighted by atomic mass is 9.88. The predicted octanol–water partition coefficient (Wildman–Crippen LogP) is 2.89. The minimum absolute atomic E-state index is 0.258. The number of aromatic nitrogens is 3. The van der Waals surface area contributed by atoms with Crippen LogP contribution in [0.25, 0.3) is 11.0 Å². The zero-order chi connectivity index (χ0) is 18.8. The average Bonchev–Trinajstić information content (AvgIpc) is 3.31. The van der Waals surface area contributed by atoms with E-state index in [0.717, 1.165) is 62.2 Å². The Bertz CT molecular complexity index is 793. The largest absolute Gasteiger partial charge is 0.342 e. The molecule has 2 aliphatic rings. The summed E-state index contributed by atoms with van der Waals surface area (Å²) in [6, 6.07) is 4.12. The van der Waals surface area contributed by atoms with Gasteiger partial charge in [-0.3, -0.25) is 4.79 Å². The molecule has 27 heavy (non-hydrogen) atoms. The first-order chi connectivity index (χ1) is 13.1. The molecule has 1 saturated heterocycles. The van der Waals surface area contributed by atoms with Gasteiger partial charge >= 0.3 is 0 Å². The smallest absolute Gasteiger partial charge is 0.225 e. The van der Waals surface area contributed by atoms with E-state index >= 15 is 0 Å². The Morgan fingerprint density at radius 2 is 2.04 bits per heavy atom. The number of carbonyl (C=O) groups is 1. The summed E-state index contributed by atoms with van der Waals surface area (Å²) in [5, 5.41) is 6.09. The van der Waals surface area contributed by atoms with Crippen molar-refractivity contribution in [1.29, 1.82) is 0 Å². The Morgan fingerprint density at radius 1 is 1.22 bits per heavy atom. The first kappa shape index (κ1) is 18.4. The standard InChI is InChI=1S/C21H31N5O/c1-24(2)13-14-26-20-18(9-6-11-22-20)19(23-26)17-10-12-25(15-17)21(27)16-7-4-3-5-8-16/h6,9,11,16-17H,3-5,7-8,10,12-15H2,1-2H3/t17-/m0/s1. The average molecular weight is 370 g/mol. The molecule has 0 N–H and O–H groups in total. The molecule has 0 unspecified atom stereocenters. The summed E-state index contributed by atoms with van der Waals surface area (Å²) in [6.07, 6.45) is 8.70. The van der Waals surface area contributed by atoms with E-state index in [-0.39, 0.29) is 5.92 Å². The fraction of sp³-hybridized carbons (Fsp3) is 0.667. The van der Waals surface area contributed by atoms with Crippen LogP contribution in [0.15, 0.2) is 18.3 Å². The van der Waals surface area contributed by atoms with E-state index in [9.17, 15) is 4.79 Å². The van der Waals surface area contributed by atoms with Crippen LogP contribution in [0.3, 0.4) is 0 Å². The monoisotopic (exact) mass is 369 g/mol. The van der Waals surface area contributed by atoms with Gasteiger partial charge in [-0.1, -0.05) is 19.3 Å². The van der Waals surface area contributed by atoms with Crippen molar-refractivity contribution in [3.8, 4) is 0 Å². The van der Waals surface area contributed by atoms with Gasteiger partial charge in [-0.05, 0) is 45.5 Å². The number of hydrogen-bond donors (Lipinski definition) is 0. The Kier molecular flexibility index (Phi) is 5.43. The summed E-state index contributed by atoms with van der Waals surface area (Å²) in [6.45, 7) is 3.44. The Balaban J connectivity index is 1.52. The number of pyridine rings is 1. The van der Waals surface area contributed by atoms with Gasteiger partial charge in [-0.25, -0.2) is 9.67 Å². The summed E-state index contributed by atoms with van der Waals surface area (Å²) in [5.74, 6) is 0.963. The van der Waals surface area contributed by atoms with E-state index in [1.54, 1.807) is 0 Å². The molecule has 0 radical (unpaired) electrons. The molecule has 1 aliphatic carbocycles. The van der Waals surface area contributed by atoms with Crippen molar-refractivity contribution in [2.24, 2.45) is 5.92 Å². The molecular weight excluding hydrogens is 338 g/mol. The van der Waals surface area contributed by atoms with E-state index in [4.69, 9.17) is 5.10 Å². The van der Waals surface area contributed by atoms with Crippen LogP contribution in [0, 0.1) is 5.92 Å². The van der Waals surface area contributed by atoms with Gasteiger partial charge in [0.05, 0.1) is 12.2 Å². The van der Waals surface area contributed by atoms with E-state index in [1.807, 2.05) is 16.9 Å². The zero-order valence-electron chi connectivity index (χ0n) is 16.6. The molecular formula is C21H31N5O. The van der Waals surface area contributed by atoms with Crippen molar-refractivity contribution < 1.29 is 4.79 Å². The second-order valence-corrected chi connectivity index (χ2v) is 8.39. The molecule has 1 saturated carbocycles. The highest BCUT2D eigenvalue weighted by Gasteiger charge is 2.34. The van der Waals surface area contributed by atoms with Gasteiger partial charge in [0.15, 0.2) is 5.65 Å². The van der Waals surface area contributed by atoms with Gasteiger partial charge < -0.3 is 9.80 Å². The number of nitrogens with zero attached hydrogens (tertiary/aromatic N) is 5.